The first-order chi connectivity index (χ1) is 29.0. The molecule has 10 nitrogen and oxygen atoms in total. The van der Waals surface area contributed by atoms with E-state index in [2.05, 4.69) is 19.2 Å². The van der Waals surface area contributed by atoms with Crippen molar-refractivity contribution < 1.29 is 42.9 Å². The van der Waals surface area contributed by atoms with Crippen LogP contribution in [0.15, 0.2) is 0 Å². The molecule has 0 unspecified atom stereocenters. The van der Waals surface area contributed by atoms with Crippen LogP contribution >= 0.6 is 0 Å². The lowest BCUT2D eigenvalue weighted by Gasteiger charge is -2.33. The molecule has 0 radical (unpaired) electrons. The fourth-order valence-corrected chi connectivity index (χ4v) is 8.03. The number of nitrogens with one attached hydrogen (secondary N) is 1. The third kappa shape index (κ3) is 37.1. The van der Waals surface area contributed by atoms with Crippen LogP contribution < -0.4 is 5.32 Å². The first-order valence-corrected chi connectivity index (χ1v) is 25.0. The maximum atomic E-state index is 13.7. The van der Waals surface area contributed by atoms with Crippen LogP contribution in [0.25, 0.3) is 0 Å². The molecule has 1 N–H and O–H groups in total. The van der Waals surface area contributed by atoms with Crippen molar-refractivity contribution >= 4 is 29.8 Å². The highest BCUT2D eigenvalue weighted by Gasteiger charge is 2.38. The van der Waals surface area contributed by atoms with E-state index in [0.29, 0.717) is 19.3 Å². The van der Waals surface area contributed by atoms with E-state index in [4.69, 9.17) is 18.9 Å². The minimum atomic E-state index is -1.12. The van der Waals surface area contributed by atoms with Crippen molar-refractivity contribution in [3.63, 3.8) is 0 Å². The summed E-state index contributed by atoms with van der Waals surface area (Å²) < 4.78 is 22.2. The van der Waals surface area contributed by atoms with Crippen LogP contribution in [0.3, 0.4) is 0 Å². The Morgan fingerprint density at radius 1 is 0.383 bits per heavy atom. The van der Waals surface area contributed by atoms with Crippen LogP contribution in [0.1, 0.15) is 260 Å². The van der Waals surface area contributed by atoms with Crippen LogP contribution in [0.2, 0.25) is 0 Å². The molecule has 0 saturated carbocycles. The Labute approximate surface area is 367 Å². The molecule has 0 bridgehead atoms. The van der Waals surface area contributed by atoms with Gasteiger partial charge in [-0.3, -0.25) is 24.0 Å². The van der Waals surface area contributed by atoms with E-state index in [1.807, 2.05) is 0 Å². The predicted molar refractivity (Wildman–Crippen MR) is 244 cm³/mol. The Hall–Kier alpha value is -2.65. The SMILES string of the molecule is CCCCCCCCCCCCCCCCCCCCCC[C@H](OC(C)=O)C(=O)N[C@@H](COC(C)=O)[C@H](OC(C)=O)[C@@H](CCCCCCCCCCCCCC)OC(C)=O. The molecule has 0 aromatic rings. The summed E-state index contributed by atoms with van der Waals surface area (Å²) in [7, 11) is 0. The van der Waals surface area contributed by atoms with Gasteiger partial charge in [-0.25, -0.2) is 0 Å². The smallest absolute Gasteiger partial charge is 0.303 e. The molecule has 4 atom stereocenters. The Bertz CT molecular complexity index is 1070. The highest BCUT2D eigenvalue weighted by Crippen LogP contribution is 2.21. The number of carbonyl (C=O) groups is 5. The number of hydrogen-bond donors (Lipinski definition) is 1. The molecule has 0 fully saturated rings. The van der Waals surface area contributed by atoms with Gasteiger partial charge in [0, 0.05) is 27.7 Å². The van der Waals surface area contributed by atoms with Crippen LogP contribution in [-0.2, 0) is 42.9 Å². The van der Waals surface area contributed by atoms with E-state index in [1.165, 1.54) is 182 Å². The van der Waals surface area contributed by atoms with E-state index in [0.717, 1.165) is 44.9 Å². The summed E-state index contributed by atoms with van der Waals surface area (Å²) >= 11 is 0. The summed E-state index contributed by atoms with van der Waals surface area (Å²) in [5.41, 5.74) is 0. The van der Waals surface area contributed by atoms with Gasteiger partial charge in [-0.2, -0.15) is 0 Å². The number of amides is 1. The normalized spacial score (nSPS) is 13.2. The van der Waals surface area contributed by atoms with Gasteiger partial charge in [-0.1, -0.05) is 206 Å². The van der Waals surface area contributed by atoms with E-state index < -0.39 is 54.1 Å². The Balaban J connectivity index is 4.90. The molecule has 0 aliphatic carbocycles. The average molecular weight is 852 g/mol. The average Bonchev–Trinajstić information content (AvgIpc) is 3.19. The highest BCUT2D eigenvalue weighted by molar-refractivity contribution is 5.83. The van der Waals surface area contributed by atoms with Gasteiger partial charge in [0.25, 0.3) is 5.91 Å². The largest absolute Gasteiger partial charge is 0.464 e. The first-order valence-electron chi connectivity index (χ1n) is 25.0. The predicted octanol–water partition coefficient (Wildman–Crippen LogP) is 13.1. The van der Waals surface area contributed by atoms with Gasteiger partial charge in [-0.15, -0.1) is 0 Å². The molecule has 60 heavy (non-hydrogen) atoms. The molecular weight excluding hydrogens is 759 g/mol. The van der Waals surface area contributed by atoms with Gasteiger partial charge >= 0.3 is 23.9 Å². The molecule has 0 aromatic heterocycles. The van der Waals surface area contributed by atoms with E-state index in [1.54, 1.807) is 0 Å². The maximum absolute atomic E-state index is 13.7. The monoisotopic (exact) mass is 852 g/mol. The molecule has 0 saturated heterocycles. The fraction of sp³-hybridized carbons (Fsp3) is 0.900. The first kappa shape index (κ1) is 57.3. The molecule has 1 amide bonds. The lowest BCUT2D eigenvalue weighted by atomic mass is 9.98. The third-order valence-corrected chi connectivity index (χ3v) is 11.4. The van der Waals surface area contributed by atoms with Crippen LogP contribution in [0.5, 0.6) is 0 Å². The molecule has 0 aromatic carbocycles. The molecule has 0 rings (SSSR count). The minimum absolute atomic E-state index is 0.318. The number of esters is 4. The number of hydrogen-bond acceptors (Lipinski definition) is 9. The summed E-state index contributed by atoms with van der Waals surface area (Å²) in [6.45, 7) is 9.23. The van der Waals surface area contributed by atoms with Gasteiger partial charge in [0.15, 0.2) is 12.2 Å². The molecular formula is C50H93NO9. The zero-order valence-corrected chi connectivity index (χ0v) is 39.7. The maximum Gasteiger partial charge on any atom is 0.303 e. The second-order valence-electron chi connectivity index (χ2n) is 17.4. The molecule has 0 aliphatic rings. The Kier molecular flexibility index (Phi) is 39.8. The van der Waals surface area contributed by atoms with Gasteiger partial charge in [0.1, 0.15) is 18.8 Å². The third-order valence-electron chi connectivity index (χ3n) is 11.4. The zero-order chi connectivity index (χ0) is 44.5. The van der Waals surface area contributed by atoms with Crippen molar-refractivity contribution in [1.29, 1.82) is 0 Å². The molecule has 10 heteroatoms. The standard InChI is InChI=1S/C50H93NO9/c1-7-9-11-13-15-17-19-21-22-23-24-25-26-27-28-30-32-34-36-38-40-48(59-44(5)54)50(56)51-46(41-57-42(3)52)49(60-45(6)55)47(58-43(4)53)39-37-35-33-31-29-20-18-16-14-12-10-8-2/h46-49H,7-41H2,1-6H3,(H,51,56)/t46-,47+,48-,49-/m0/s1. The molecule has 0 heterocycles. The summed E-state index contributed by atoms with van der Waals surface area (Å²) in [4.78, 5) is 62.3. The lowest BCUT2D eigenvalue weighted by molar-refractivity contribution is -0.172. The van der Waals surface area contributed by atoms with Crippen LogP contribution in [0, 0.1) is 0 Å². The summed E-state index contributed by atoms with van der Waals surface area (Å²) in [5.74, 6) is -2.92. The van der Waals surface area contributed by atoms with E-state index in [9.17, 15) is 24.0 Å². The van der Waals surface area contributed by atoms with Crippen molar-refractivity contribution in [1.82, 2.24) is 5.32 Å². The molecule has 352 valence electrons. The highest BCUT2D eigenvalue weighted by atomic mass is 16.6. The van der Waals surface area contributed by atoms with Crippen molar-refractivity contribution in [2.45, 2.75) is 284 Å². The summed E-state index contributed by atoms with van der Waals surface area (Å²) in [6, 6.07) is -1.04. The van der Waals surface area contributed by atoms with Crippen LogP contribution in [-0.4, -0.2) is 60.7 Å². The topological polar surface area (TPSA) is 134 Å². The number of rotatable bonds is 43. The van der Waals surface area contributed by atoms with Gasteiger partial charge < -0.3 is 24.3 Å². The second-order valence-corrected chi connectivity index (χ2v) is 17.4. The number of ether oxygens (including phenoxy) is 4. The fourth-order valence-electron chi connectivity index (χ4n) is 8.03. The van der Waals surface area contributed by atoms with Crippen molar-refractivity contribution in [3.05, 3.63) is 0 Å². The van der Waals surface area contributed by atoms with Crippen molar-refractivity contribution in [2.75, 3.05) is 6.61 Å². The van der Waals surface area contributed by atoms with Gasteiger partial charge in [-0.05, 0) is 25.7 Å². The summed E-state index contributed by atoms with van der Waals surface area (Å²) in [6.07, 6.45) is 37.1. The second kappa shape index (κ2) is 41.7. The Morgan fingerprint density at radius 3 is 1.02 bits per heavy atom. The lowest BCUT2D eigenvalue weighted by Crippen LogP contribution is -2.56. The van der Waals surface area contributed by atoms with Crippen molar-refractivity contribution in [2.24, 2.45) is 0 Å². The summed E-state index contributed by atoms with van der Waals surface area (Å²) in [5, 5.41) is 2.83. The van der Waals surface area contributed by atoms with Crippen LogP contribution in [0.4, 0.5) is 0 Å². The van der Waals surface area contributed by atoms with E-state index >= 15 is 0 Å². The minimum Gasteiger partial charge on any atom is -0.464 e. The van der Waals surface area contributed by atoms with Gasteiger partial charge in [0.05, 0.1) is 0 Å². The molecule has 0 aliphatic heterocycles. The van der Waals surface area contributed by atoms with E-state index in [-0.39, 0.29) is 6.61 Å². The van der Waals surface area contributed by atoms with Gasteiger partial charge in [0.2, 0.25) is 0 Å². The number of carbonyl (C=O) groups excluding carboxylic acids is 5. The Morgan fingerprint density at radius 2 is 0.700 bits per heavy atom. The zero-order valence-electron chi connectivity index (χ0n) is 39.7. The van der Waals surface area contributed by atoms with Crippen molar-refractivity contribution in [3.8, 4) is 0 Å². The molecule has 0 spiro atoms. The quantitative estimate of drug-likeness (QED) is 0.0361. The number of unbranched alkanes of at least 4 members (excludes halogenated alkanes) is 30.